The maximum atomic E-state index is 5.98. The molecule has 0 bridgehead atoms. The van der Waals surface area contributed by atoms with Crippen molar-refractivity contribution >= 4 is 0 Å². The van der Waals surface area contributed by atoms with Crippen LogP contribution in [0.4, 0.5) is 0 Å². The van der Waals surface area contributed by atoms with Gasteiger partial charge in [0.1, 0.15) is 0 Å². The Bertz CT molecular complexity index is 433. The average molecular weight is 257 g/mol. The molecule has 0 amide bonds. The fourth-order valence-electron chi connectivity index (χ4n) is 3.19. The van der Waals surface area contributed by atoms with Crippen LogP contribution in [0.1, 0.15) is 55.3 Å². The van der Waals surface area contributed by atoms with Crippen LogP contribution in [-0.2, 0) is 4.74 Å². The zero-order chi connectivity index (χ0) is 12.7. The van der Waals surface area contributed by atoms with E-state index in [0.717, 1.165) is 25.1 Å². The molecule has 0 spiro atoms. The molecule has 1 heterocycles. The molecule has 2 unspecified atom stereocenters. The maximum absolute atomic E-state index is 5.98. The molecule has 1 N–H and O–H groups in total. The van der Waals surface area contributed by atoms with Crippen LogP contribution in [0.2, 0.25) is 0 Å². The van der Waals surface area contributed by atoms with E-state index in [0.29, 0.717) is 12.0 Å². The average Bonchev–Trinajstić information content (AvgIpc) is 3.36. The van der Waals surface area contributed by atoms with E-state index in [1.807, 2.05) is 0 Å². The molecule has 2 heteroatoms. The van der Waals surface area contributed by atoms with Gasteiger partial charge in [-0.3, -0.25) is 0 Å². The van der Waals surface area contributed by atoms with Gasteiger partial charge in [0.15, 0.2) is 0 Å². The van der Waals surface area contributed by atoms with Gasteiger partial charge < -0.3 is 10.1 Å². The van der Waals surface area contributed by atoms with Crippen LogP contribution in [0.5, 0.6) is 0 Å². The van der Waals surface area contributed by atoms with Crippen molar-refractivity contribution < 1.29 is 4.74 Å². The summed E-state index contributed by atoms with van der Waals surface area (Å²) < 4.78 is 5.98. The van der Waals surface area contributed by atoms with Gasteiger partial charge in [0.05, 0.1) is 6.10 Å². The lowest BCUT2D eigenvalue weighted by molar-refractivity contribution is 0.0904. The first-order chi connectivity index (χ1) is 9.40. The predicted octanol–water partition coefficient (Wildman–Crippen LogP) is 3.39. The molecule has 1 saturated heterocycles. The Morgan fingerprint density at radius 3 is 2.37 bits per heavy atom. The molecular weight excluding hydrogens is 234 g/mol. The highest BCUT2D eigenvalue weighted by molar-refractivity contribution is 5.29. The van der Waals surface area contributed by atoms with Crippen LogP contribution in [0.15, 0.2) is 24.3 Å². The van der Waals surface area contributed by atoms with Crippen molar-refractivity contribution in [3.8, 4) is 0 Å². The molecule has 102 valence electrons. The zero-order valence-corrected chi connectivity index (χ0v) is 11.5. The van der Waals surface area contributed by atoms with Crippen LogP contribution in [0.3, 0.4) is 0 Å². The molecule has 3 fully saturated rings. The molecule has 4 rings (SSSR count). The van der Waals surface area contributed by atoms with E-state index < -0.39 is 0 Å². The number of hydrogen-bond donors (Lipinski definition) is 1. The molecule has 0 radical (unpaired) electrons. The summed E-state index contributed by atoms with van der Waals surface area (Å²) in [4.78, 5) is 0. The van der Waals surface area contributed by atoms with E-state index in [-0.39, 0.29) is 0 Å². The Morgan fingerprint density at radius 1 is 0.947 bits per heavy atom. The minimum absolute atomic E-state index is 0.319. The van der Waals surface area contributed by atoms with Gasteiger partial charge in [-0.2, -0.15) is 0 Å². The molecule has 19 heavy (non-hydrogen) atoms. The number of hydrogen-bond acceptors (Lipinski definition) is 2. The second kappa shape index (κ2) is 4.92. The lowest BCUT2D eigenvalue weighted by Crippen LogP contribution is -2.26. The van der Waals surface area contributed by atoms with Crippen LogP contribution >= 0.6 is 0 Å². The first-order valence-corrected chi connectivity index (χ1v) is 7.85. The fourth-order valence-corrected chi connectivity index (χ4v) is 3.19. The molecule has 2 saturated carbocycles. The molecule has 3 aliphatic rings. The summed E-state index contributed by atoms with van der Waals surface area (Å²) in [5, 5.41) is 3.66. The molecule has 2 atom stereocenters. The molecule has 2 nitrogen and oxygen atoms in total. The Balaban J connectivity index is 1.43. The van der Waals surface area contributed by atoms with Gasteiger partial charge in [0, 0.05) is 25.1 Å². The third kappa shape index (κ3) is 2.70. The van der Waals surface area contributed by atoms with Gasteiger partial charge in [-0.1, -0.05) is 24.3 Å². The SMILES string of the molecule is c1cc(C2OCCC2CNC2CC2)ccc1C1CC1. The van der Waals surface area contributed by atoms with Crippen molar-refractivity contribution in [2.45, 2.75) is 50.2 Å². The smallest absolute Gasteiger partial charge is 0.0866 e. The third-order valence-corrected chi connectivity index (χ3v) is 4.77. The zero-order valence-electron chi connectivity index (χ0n) is 11.5. The summed E-state index contributed by atoms with van der Waals surface area (Å²) in [6.07, 6.45) is 7.03. The summed E-state index contributed by atoms with van der Waals surface area (Å²) >= 11 is 0. The minimum Gasteiger partial charge on any atom is -0.373 e. The Morgan fingerprint density at radius 2 is 1.68 bits per heavy atom. The van der Waals surface area contributed by atoms with Gasteiger partial charge in [0.2, 0.25) is 0 Å². The molecule has 0 aromatic heterocycles. The van der Waals surface area contributed by atoms with E-state index in [4.69, 9.17) is 4.74 Å². The van der Waals surface area contributed by atoms with Gasteiger partial charge in [0.25, 0.3) is 0 Å². The van der Waals surface area contributed by atoms with Gasteiger partial charge in [-0.05, 0) is 49.1 Å². The summed E-state index contributed by atoms with van der Waals surface area (Å²) in [6, 6.07) is 10.0. The van der Waals surface area contributed by atoms with Crippen LogP contribution in [0, 0.1) is 5.92 Å². The first-order valence-electron chi connectivity index (χ1n) is 7.85. The van der Waals surface area contributed by atoms with Crippen molar-refractivity contribution in [1.82, 2.24) is 5.32 Å². The van der Waals surface area contributed by atoms with E-state index in [2.05, 4.69) is 29.6 Å². The van der Waals surface area contributed by atoms with E-state index in [1.54, 1.807) is 0 Å². The standard InChI is InChI=1S/C17H23NO/c1-2-12(1)13-3-5-14(6-4-13)17-15(9-10-19-17)11-18-16-7-8-16/h3-6,12,15-18H,1-2,7-11H2. The lowest BCUT2D eigenvalue weighted by atomic mass is 9.94. The number of benzene rings is 1. The van der Waals surface area contributed by atoms with E-state index in [9.17, 15) is 0 Å². The predicted molar refractivity (Wildman–Crippen MR) is 76.2 cm³/mol. The lowest BCUT2D eigenvalue weighted by Gasteiger charge is -2.19. The number of rotatable bonds is 5. The quantitative estimate of drug-likeness (QED) is 0.873. The maximum Gasteiger partial charge on any atom is 0.0866 e. The second-order valence-corrected chi connectivity index (χ2v) is 6.46. The monoisotopic (exact) mass is 257 g/mol. The van der Waals surface area contributed by atoms with Gasteiger partial charge >= 0.3 is 0 Å². The van der Waals surface area contributed by atoms with Gasteiger partial charge in [-0.25, -0.2) is 0 Å². The van der Waals surface area contributed by atoms with Crippen LogP contribution in [0.25, 0.3) is 0 Å². The van der Waals surface area contributed by atoms with Crippen LogP contribution < -0.4 is 5.32 Å². The van der Waals surface area contributed by atoms with E-state index in [1.165, 1.54) is 43.2 Å². The van der Waals surface area contributed by atoms with Crippen LogP contribution in [-0.4, -0.2) is 19.2 Å². The summed E-state index contributed by atoms with van der Waals surface area (Å²) in [5.41, 5.74) is 2.90. The van der Waals surface area contributed by atoms with Crippen molar-refractivity contribution in [2.75, 3.05) is 13.2 Å². The normalized spacial score (nSPS) is 30.7. The Labute approximate surface area is 115 Å². The van der Waals surface area contributed by atoms with Crippen molar-refractivity contribution in [1.29, 1.82) is 0 Å². The molecule has 1 aromatic carbocycles. The van der Waals surface area contributed by atoms with Crippen molar-refractivity contribution in [2.24, 2.45) is 5.92 Å². The summed E-state index contributed by atoms with van der Waals surface area (Å²) in [6.45, 7) is 2.05. The van der Waals surface area contributed by atoms with E-state index >= 15 is 0 Å². The minimum atomic E-state index is 0.319. The molecular formula is C17H23NO. The van der Waals surface area contributed by atoms with Crippen molar-refractivity contribution in [3.63, 3.8) is 0 Å². The highest BCUT2D eigenvalue weighted by Gasteiger charge is 2.32. The van der Waals surface area contributed by atoms with Gasteiger partial charge in [-0.15, -0.1) is 0 Å². The summed E-state index contributed by atoms with van der Waals surface area (Å²) in [7, 11) is 0. The third-order valence-electron chi connectivity index (χ3n) is 4.77. The molecule has 2 aliphatic carbocycles. The molecule has 1 aromatic rings. The highest BCUT2D eigenvalue weighted by atomic mass is 16.5. The Hall–Kier alpha value is -0.860. The topological polar surface area (TPSA) is 21.3 Å². The fraction of sp³-hybridized carbons (Fsp3) is 0.647. The molecule has 1 aliphatic heterocycles. The van der Waals surface area contributed by atoms with Crippen molar-refractivity contribution in [3.05, 3.63) is 35.4 Å². The summed E-state index contributed by atoms with van der Waals surface area (Å²) in [5.74, 6) is 1.51. The Kier molecular flexibility index (Phi) is 3.08. The second-order valence-electron chi connectivity index (χ2n) is 6.46. The number of ether oxygens (including phenoxy) is 1. The first kappa shape index (κ1) is 11.9. The largest absolute Gasteiger partial charge is 0.373 e. The number of nitrogens with one attached hydrogen (secondary N) is 1. The highest BCUT2D eigenvalue weighted by Crippen LogP contribution is 2.41.